The average Bonchev–Trinajstić information content (AvgIpc) is 1.51. The Labute approximate surface area is 543 Å². The number of hydrogen-bond acceptors (Lipinski definition) is 0. The van der Waals surface area contributed by atoms with Crippen molar-refractivity contribution in [3.8, 4) is 77.9 Å². The largest absolute Gasteiger partial charge is 0.181 e. The zero-order valence-corrected chi connectivity index (χ0v) is 53.0. The van der Waals surface area contributed by atoms with Gasteiger partial charge in [0.2, 0.25) is 0 Å². The SMILES string of the molecule is c1ccc([Si]2(c3ccccc3)c3ccccc3-c3cccc(-c4cccc5c(-c6cccc7c6-c6ccccc6C76c7ccccc7-c7ccc8ccccc8c76)c6cccc(-c7cccc8c7[Si](c7ccccc7)(c7ccccc7)c7ccccc7-8)c6cc45)c32)cc1. The monoisotopic (exact) mass is 1210 g/mol. The highest BCUT2D eigenvalue weighted by Crippen LogP contribution is 2.66. The van der Waals surface area contributed by atoms with E-state index in [1.165, 1.54) is 174 Å². The van der Waals surface area contributed by atoms with E-state index in [1.807, 2.05) is 0 Å². The molecule has 0 amide bonds. The molecular formula is C91H58Si2. The Hall–Kier alpha value is -11.3. The lowest BCUT2D eigenvalue weighted by atomic mass is 9.69. The van der Waals surface area contributed by atoms with Crippen molar-refractivity contribution in [3.05, 3.63) is 374 Å². The Balaban J connectivity index is 0.944. The summed E-state index contributed by atoms with van der Waals surface area (Å²) in [7, 11) is -6.01. The molecule has 0 aromatic heterocycles. The molecule has 430 valence electrons. The maximum absolute atomic E-state index is 3.00. The lowest BCUT2D eigenvalue weighted by Gasteiger charge is -2.33. The number of benzene rings is 16. The van der Waals surface area contributed by atoms with E-state index in [4.69, 9.17) is 0 Å². The fourth-order valence-electron chi connectivity index (χ4n) is 18.6. The molecule has 1 atom stereocenters. The lowest BCUT2D eigenvalue weighted by molar-refractivity contribution is 0.801. The second-order valence-electron chi connectivity index (χ2n) is 25.8. The first-order chi connectivity index (χ1) is 46.2. The summed E-state index contributed by atoms with van der Waals surface area (Å²) in [6.45, 7) is 0. The molecule has 2 heteroatoms. The summed E-state index contributed by atoms with van der Waals surface area (Å²) in [6, 6.07) is 136. The predicted molar refractivity (Wildman–Crippen MR) is 397 cm³/mol. The van der Waals surface area contributed by atoms with Crippen LogP contribution in [0.25, 0.3) is 110 Å². The zero-order valence-electron chi connectivity index (χ0n) is 51.0. The van der Waals surface area contributed by atoms with Gasteiger partial charge in [-0.25, -0.2) is 0 Å². The molecule has 0 radical (unpaired) electrons. The van der Waals surface area contributed by atoms with Crippen LogP contribution in [0.2, 0.25) is 0 Å². The number of rotatable bonds is 7. The molecule has 2 aliphatic carbocycles. The third-order valence-corrected chi connectivity index (χ3v) is 31.7. The van der Waals surface area contributed by atoms with Crippen molar-refractivity contribution in [2.75, 3.05) is 0 Å². The first-order valence-electron chi connectivity index (χ1n) is 32.7. The van der Waals surface area contributed by atoms with Gasteiger partial charge < -0.3 is 0 Å². The van der Waals surface area contributed by atoms with E-state index < -0.39 is 21.6 Å². The quantitative estimate of drug-likeness (QED) is 0.110. The molecule has 0 bridgehead atoms. The molecule has 0 nitrogen and oxygen atoms in total. The van der Waals surface area contributed by atoms with E-state index in [2.05, 4.69) is 352 Å². The minimum Gasteiger partial charge on any atom is -0.0623 e. The van der Waals surface area contributed by atoms with Crippen LogP contribution in [0.1, 0.15) is 22.3 Å². The normalized spacial score (nSPS) is 15.3. The first kappa shape index (κ1) is 52.5. The molecule has 16 aromatic carbocycles. The zero-order chi connectivity index (χ0) is 61.0. The molecule has 20 rings (SSSR count). The minimum atomic E-state index is -3.00. The van der Waals surface area contributed by atoms with Gasteiger partial charge in [0.25, 0.3) is 0 Å². The van der Waals surface area contributed by atoms with Gasteiger partial charge in [-0.3, -0.25) is 0 Å². The molecule has 2 aliphatic heterocycles. The van der Waals surface area contributed by atoms with Gasteiger partial charge in [0.05, 0.1) is 5.41 Å². The smallest absolute Gasteiger partial charge is 0.0623 e. The molecule has 0 saturated carbocycles. The van der Waals surface area contributed by atoms with E-state index >= 15 is 0 Å². The Bertz CT molecular complexity index is 5490. The maximum Gasteiger partial charge on any atom is 0.181 e. The molecule has 4 aliphatic rings. The van der Waals surface area contributed by atoms with Crippen LogP contribution >= 0.6 is 0 Å². The molecule has 2 heterocycles. The van der Waals surface area contributed by atoms with Gasteiger partial charge in [-0.1, -0.05) is 346 Å². The first-order valence-corrected chi connectivity index (χ1v) is 36.7. The van der Waals surface area contributed by atoms with Gasteiger partial charge in [0.15, 0.2) is 16.1 Å². The van der Waals surface area contributed by atoms with Crippen LogP contribution in [0.4, 0.5) is 0 Å². The van der Waals surface area contributed by atoms with Crippen molar-refractivity contribution >= 4 is 90.0 Å². The van der Waals surface area contributed by atoms with Crippen LogP contribution in [0, 0.1) is 0 Å². The van der Waals surface area contributed by atoms with Gasteiger partial charge >= 0.3 is 0 Å². The highest BCUT2D eigenvalue weighted by atomic mass is 28.3. The van der Waals surface area contributed by atoms with Crippen LogP contribution in [0.15, 0.2) is 352 Å². The van der Waals surface area contributed by atoms with Crippen LogP contribution in [0.5, 0.6) is 0 Å². The fraction of sp³-hybridized carbons (Fsp3) is 0.0110. The van der Waals surface area contributed by atoms with Gasteiger partial charge in [-0.05, 0) is 180 Å². The molecular weight excluding hydrogens is 1150 g/mol. The summed E-state index contributed by atoms with van der Waals surface area (Å²) in [5, 5.41) is 18.9. The molecule has 16 aromatic rings. The highest BCUT2D eigenvalue weighted by molar-refractivity contribution is 7.23. The van der Waals surface area contributed by atoms with Crippen LogP contribution < -0.4 is 41.5 Å². The van der Waals surface area contributed by atoms with E-state index in [0.717, 1.165) is 0 Å². The number of fused-ring (bicyclic) bond motifs is 20. The Morgan fingerprint density at radius 3 is 1.08 bits per heavy atom. The third-order valence-electron chi connectivity index (χ3n) is 21.8. The van der Waals surface area contributed by atoms with Gasteiger partial charge in [0.1, 0.15) is 0 Å². The lowest BCUT2D eigenvalue weighted by Crippen LogP contribution is -2.73. The van der Waals surface area contributed by atoms with Crippen molar-refractivity contribution in [2.45, 2.75) is 5.41 Å². The molecule has 1 spiro atoms. The van der Waals surface area contributed by atoms with Crippen molar-refractivity contribution < 1.29 is 0 Å². The second-order valence-corrected chi connectivity index (χ2v) is 33.2. The van der Waals surface area contributed by atoms with Gasteiger partial charge in [-0.2, -0.15) is 0 Å². The molecule has 93 heavy (non-hydrogen) atoms. The highest BCUT2D eigenvalue weighted by Gasteiger charge is 2.55. The topological polar surface area (TPSA) is 0 Å². The van der Waals surface area contributed by atoms with Crippen molar-refractivity contribution in [3.63, 3.8) is 0 Å². The Kier molecular flexibility index (Phi) is 11.2. The van der Waals surface area contributed by atoms with E-state index in [1.54, 1.807) is 0 Å². The maximum atomic E-state index is 2.62. The average molecular weight is 1210 g/mol. The number of hydrogen-bond donors (Lipinski definition) is 0. The molecule has 1 unspecified atom stereocenters. The molecule has 0 N–H and O–H groups in total. The van der Waals surface area contributed by atoms with Crippen molar-refractivity contribution in [1.82, 2.24) is 0 Å². The summed E-state index contributed by atoms with van der Waals surface area (Å²) < 4.78 is 0. The van der Waals surface area contributed by atoms with E-state index in [-0.39, 0.29) is 0 Å². The molecule has 0 fully saturated rings. The van der Waals surface area contributed by atoms with Crippen molar-refractivity contribution in [2.24, 2.45) is 0 Å². The summed E-state index contributed by atoms with van der Waals surface area (Å²) >= 11 is 0. The standard InChI is InChI=1S/C91H58Si2/c1-5-29-60(30-6-1)92(61-31-7-2-8-32-61)84-54-21-17-39-68(84)75-48-25-46-73(89(75)92)65-42-23-44-70-79(65)58-80-66(74-47-26-49-76-69-40-18-22-55-85(69)93(90(74)76,62-33-9-3-10-34-62)63-35-11-4-12-36-63)43-24-45-71(80)86(70)78-50-27-53-83-87(78)77-41-16-20-52-82(77)91(83)81-51-19-15-38-67(81)72-57-56-59-28-13-14-37-64(59)88(72)91/h1-58H. The van der Waals surface area contributed by atoms with E-state index in [0.29, 0.717) is 0 Å². The Morgan fingerprint density at radius 1 is 0.194 bits per heavy atom. The van der Waals surface area contributed by atoms with E-state index in [9.17, 15) is 0 Å². The summed E-state index contributed by atoms with van der Waals surface area (Å²) in [5.74, 6) is 0. The second kappa shape index (κ2) is 19.9. The van der Waals surface area contributed by atoms with Gasteiger partial charge in [-0.15, -0.1) is 0 Å². The minimum absolute atomic E-state index is 0.573. The van der Waals surface area contributed by atoms with Crippen LogP contribution in [-0.2, 0) is 5.41 Å². The summed E-state index contributed by atoms with van der Waals surface area (Å²) in [5.41, 5.74) is 23.0. The van der Waals surface area contributed by atoms with Crippen molar-refractivity contribution in [1.29, 1.82) is 0 Å². The summed E-state index contributed by atoms with van der Waals surface area (Å²) in [6.07, 6.45) is 0. The predicted octanol–water partition coefficient (Wildman–Crippen LogP) is 17.2. The third kappa shape index (κ3) is 6.83. The summed E-state index contributed by atoms with van der Waals surface area (Å²) in [4.78, 5) is 0. The van der Waals surface area contributed by atoms with Gasteiger partial charge in [0, 0.05) is 0 Å². The van der Waals surface area contributed by atoms with Crippen LogP contribution in [0.3, 0.4) is 0 Å². The fourth-order valence-corrected chi connectivity index (χ4v) is 29.4. The Morgan fingerprint density at radius 2 is 0.548 bits per heavy atom. The molecule has 0 saturated heterocycles. The van der Waals surface area contributed by atoms with Crippen LogP contribution in [-0.4, -0.2) is 16.1 Å².